The number of ether oxygens (including phenoxy) is 2. The lowest BCUT2D eigenvalue weighted by atomic mass is 10.3. The minimum atomic E-state index is 0.418. The van der Waals surface area contributed by atoms with Crippen molar-refractivity contribution in [3.8, 4) is 11.5 Å². The molecular formula is C11H14O2S. The first-order chi connectivity index (χ1) is 6.83. The van der Waals surface area contributed by atoms with E-state index < -0.39 is 0 Å². The van der Waals surface area contributed by atoms with Crippen molar-refractivity contribution in [1.82, 2.24) is 0 Å². The second-order valence-electron chi connectivity index (χ2n) is 3.33. The molecule has 14 heavy (non-hydrogen) atoms. The van der Waals surface area contributed by atoms with Crippen molar-refractivity contribution in [2.45, 2.75) is 23.8 Å². The summed E-state index contributed by atoms with van der Waals surface area (Å²) in [6.45, 7) is 0. The summed E-state index contributed by atoms with van der Waals surface area (Å²) in [5, 5.41) is 0. The molecule has 0 aliphatic heterocycles. The number of rotatable bonds is 4. The van der Waals surface area contributed by atoms with Crippen LogP contribution in [0.5, 0.6) is 11.5 Å². The van der Waals surface area contributed by atoms with Crippen LogP contribution in [-0.4, -0.2) is 19.5 Å². The lowest BCUT2D eigenvalue weighted by Crippen LogP contribution is -1.98. The average molecular weight is 210 g/mol. The zero-order chi connectivity index (χ0) is 9.97. The lowest BCUT2D eigenvalue weighted by molar-refractivity contribution is 0.281. The zero-order valence-electron chi connectivity index (χ0n) is 8.45. The molecule has 1 aliphatic rings. The Bertz CT molecular complexity index is 321. The Morgan fingerprint density at radius 1 is 1.29 bits per heavy atom. The summed E-state index contributed by atoms with van der Waals surface area (Å²) in [5.74, 6) is 1.71. The van der Waals surface area contributed by atoms with Crippen molar-refractivity contribution in [2.24, 2.45) is 0 Å². The van der Waals surface area contributed by atoms with Crippen LogP contribution in [0.4, 0.5) is 0 Å². The van der Waals surface area contributed by atoms with Crippen molar-refractivity contribution in [1.29, 1.82) is 0 Å². The van der Waals surface area contributed by atoms with Crippen LogP contribution in [0.2, 0.25) is 0 Å². The van der Waals surface area contributed by atoms with Gasteiger partial charge in [0, 0.05) is 4.90 Å². The monoisotopic (exact) mass is 210 g/mol. The molecule has 0 unspecified atom stereocenters. The van der Waals surface area contributed by atoms with Crippen LogP contribution in [0.1, 0.15) is 12.8 Å². The molecule has 1 saturated carbocycles. The first kappa shape index (κ1) is 9.71. The summed E-state index contributed by atoms with van der Waals surface area (Å²) in [6.07, 6.45) is 4.82. The number of benzene rings is 1. The Morgan fingerprint density at radius 2 is 2.07 bits per heavy atom. The van der Waals surface area contributed by atoms with Gasteiger partial charge in [0.2, 0.25) is 0 Å². The van der Waals surface area contributed by atoms with Gasteiger partial charge in [-0.2, -0.15) is 0 Å². The molecule has 3 heteroatoms. The highest BCUT2D eigenvalue weighted by Crippen LogP contribution is 2.35. The Labute approximate surface area is 88.6 Å². The van der Waals surface area contributed by atoms with Gasteiger partial charge >= 0.3 is 0 Å². The molecule has 0 radical (unpaired) electrons. The van der Waals surface area contributed by atoms with E-state index in [2.05, 4.69) is 6.26 Å². The smallest absolute Gasteiger partial charge is 0.162 e. The Balaban J connectivity index is 2.21. The Hall–Kier alpha value is -0.830. The highest BCUT2D eigenvalue weighted by Gasteiger charge is 2.24. The van der Waals surface area contributed by atoms with Gasteiger partial charge in [-0.25, -0.2) is 0 Å². The van der Waals surface area contributed by atoms with Gasteiger partial charge in [-0.3, -0.25) is 0 Å². The molecule has 0 spiro atoms. The molecule has 2 nitrogen and oxygen atoms in total. The summed E-state index contributed by atoms with van der Waals surface area (Å²) in [6, 6.07) is 6.05. The standard InChI is InChI=1S/C11H14O2S/c1-12-10-6-5-9(14-2)7-11(10)13-8-3-4-8/h5-8H,3-4H2,1-2H3. The van der Waals surface area contributed by atoms with Gasteiger partial charge in [0.15, 0.2) is 11.5 Å². The molecule has 1 aliphatic carbocycles. The second-order valence-corrected chi connectivity index (χ2v) is 4.21. The van der Waals surface area contributed by atoms with Gasteiger partial charge in [0.1, 0.15) is 0 Å². The van der Waals surface area contributed by atoms with Crippen LogP contribution < -0.4 is 9.47 Å². The van der Waals surface area contributed by atoms with Crippen LogP contribution in [0.15, 0.2) is 23.1 Å². The molecule has 0 aromatic heterocycles. The maximum Gasteiger partial charge on any atom is 0.162 e. The summed E-state index contributed by atoms with van der Waals surface area (Å²) in [5.41, 5.74) is 0. The van der Waals surface area contributed by atoms with Gasteiger partial charge in [-0.1, -0.05) is 0 Å². The molecule has 76 valence electrons. The SMILES string of the molecule is COc1ccc(SC)cc1OC1CC1. The van der Waals surface area contributed by atoms with Gasteiger partial charge in [0.05, 0.1) is 13.2 Å². The van der Waals surface area contributed by atoms with Crippen molar-refractivity contribution in [2.75, 3.05) is 13.4 Å². The van der Waals surface area contributed by atoms with Crippen LogP contribution in [-0.2, 0) is 0 Å². The molecule has 0 N–H and O–H groups in total. The minimum Gasteiger partial charge on any atom is -0.493 e. The van der Waals surface area contributed by atoms with E-state index in [1.165, 1.54) is 17.7 Å². The predicted molar refractivity (Wildman–Crippen MR) is 58.4 cm³/mol. The minimum absolute atomic E-state index is 0.418. The summed E-state index contributed by atoms with van der Waals surface area (Å²) in [7, 11) is 1.67. The predicted octanol–water partition coefficient (Wildman–Crippen LogP) is 2.96. The fourth-order valence-electron chi connectivity index (χ4n) is 1.24. The maximum atomic E-state index is 5.75. The molecule has 0 bridgehead atoms. The van der Waals surface area contributed by atoms with Gasteiger partial charge < -0.3 is 9.47 Å². The van der Waals surface area contributed by atoms with Crippen molar-refractivity contribution >= 4 is 11.8 Å². The molecule has 0 atom stereocenters. The van der Waals surface area contributed by atoms with E-state index in [1.54, 1.807) is 18.9 Å². The third kappa shape index (κ3) is 2.15. The van der Waals surface area contributed by atoms with E-state index in [-0.39, 0.29) is 0 Å². The summed E-state index contributed by atoms with van der Waals surface area (Å²) < 4.78 is 11.0. The van der Waals surface area contributed by atoms with E-state index >= 15 is 0 Å². The van der Waals surface area contributed by atoms with Crippen molar-refractivity contribution < 1.29 is 9.47 Å². The third-order valence-corrected chi connectivity index (χ3v) is 2.91. The van der Waals surface area contributed by atoms with E-state index in [0.29, 0.717) is 6.10 Å². The van der Waals surface area contributed by atoms with Gasteiger partial charge in [0.25, 0.3) is 0 Å². The first-order valence-corrected chi connectivity index (χ1v) is 5.94. The largest absolute Gasteiger partial charge is 0.493 e. The topological polar surface area (TPSA) is 18.5 Å². The van der Waals surface area contributed by atoms with E-state index in [9.17, 15) is 0 Å². The van der Waals surface area contributed by atoms with Gasteiger partial charge in [-0.05, 0) is 37.3 Å². The van der Waals surface area contributed by atoms with E-state index in [4.69, 9.17) is 9.47 Å². The van der Waals surface area contributed by atoms with Crippen LogP contribution >= 0.6 is 11.8 Å². The zero-order valence-corrected chi connectivity index (χ0v) is 9.26. The molecule has 1 aromatic carbocycles. The molecule has 2 rings (SSSR count). The summed E-state index contributed by atoms with van der Waals surface area (Å²) in [4.78, 5) is 1.21. The second kappa shape index (κ2) is 4.13. The normalized spacial score (nSPS) is 15.3. The summed E-state index contributed by atoms with van der Waals surface area (Å²) >= 11 is 1.71. The van der Waals surface area contributed by atoms with Crippen LogP contribution in [0.3, 0.4) is 0 Å². The fourth-order valence-corrected chi connectivity index (χ4v) is 1.67. The number of methoxy groups -OCH3 is 1. The first-order valence-electron chi connectivity index (χ1n) is 4.72. The Morgan fingerprint density at radius 3 is 2.64 bits per heavy atom. The third-order valence-electron chi connectivity index (χ3n) is 2.19. The van der Waals surface area contributed by atoms with Crippen molar-refractivity contribution in [3.63, 3.8) is 0 Å². The fraction of sp³-hybridized carbons (Fsp3) is 0.455. The highest BCUT2D eigenvalue weighted by atomic mass is 32.2. The van der Waals surface area contributed by atoms with Gasteiger partial charge in [-0.15, -0.1) is 11.8 Å². The molecule has 1 fully saturated rings. The maximum absolute atomic E-state index is 5.75. The average Bonchev–Trinajstić information content (AvgIpc) is 3.01. The number of thioether (sulfide) groups is 1. The lowest BCUT2D eigenvalue weighted by Gasteiger charge is -2.10. The van der Waals surface area contributed by atoms with Crippen LogP contribution in [0.25, 0.3) is 0 Å². The molecule has 1 aromatic rings. The number of hydrogen-bond donors (Lipinski definition) is 0. The molecule has 0 saturated heterocycles. The van der Waals surface area contributed by atoms with Crippen LogP contribution in [0, 0.1) is 0 Å². The quantitative estimate of drug-likeness (QED) is 0.712. The highest BCUT2D eigenvalue weighted by molar-refractivity contribution is 7.98. The Kier molecular flexibility index (Phi) is 2.87. The van der Waals surface area contributed by atoms with E-state index in [0.717, 1.165) is 11.5 Å². The van der Waals surface area contributed by atoms with Crippen molar-refractivity contribution in [3.05, 3.63) is 18.2 Å². The number of hydrogen-bond acceptors (Lipinski definition) is 3. The molecular weight excluding hydrogens is 196 g/mol. The molecule has 0 amide bonds. The van der Waals surface area contributed by atoms with E-state index in [1.807, 2.05) is 18.2 Å². The molecule has 0 heterocycles.